The molecule has 0 saturated heterocycles. The number of fused-ring (bicyclic) bond motifs is 1. The summed E-state index contributed by atoms with van der Waals surface area (Å²) in [5.41, 5.74) is 7.38. The predicted octanol–water partition coefficient (Wildman–Crippen LogP) is 5.88. The van der Waals surface area contributed by atoms with E-state index in [1.54, 1.807) is 24.3 Å². The van der Waals surface area contributed by atoms with Crippen LogP contribution in [0.15, 0.2) is 78.9 Å². The molecule has 0 unspecified atom stereocenters. The summed E-state index contributed by atoms with van der Waals surface area (Å²) < 4.78 is 5.10. The molecule has 0 amide bonds. The average Bonchev–Trinajstić information content (AvgIpc) is 2.99. The molecule has 0 heterocycles. The second kappa shape index (κ2) is 7.45. The normalized spacial score (nSPS) is 13.7. The van der Waals surface area contributed by atoms with Gasteiger partial charge in [0.2, 0.25) is 0 Å². The van der Waals surface area contributed by atoms with Crippen molar-refractivity contribution in [1.29, 1.82) is 0 Å². The van der Waals surface area contributed by atoms with Crippen LogP contribution in [0.25, 0.3) is 5.57 Å². The molecule has 0 N–H and O–H groups in total. The molecule has 29 heavy (non-hydrogen) atoms. The van der Waals surface area contributed by atoms with Gasteiger partial charge in [0.05, 0.1) is 5.56 Å². The highest BCUT2D eigenvalue weighted by Crippen LogP contribution is 2.43. The van der Waals surface area contributed by atoms with E-state index in [0.717, 1.165) is 5.56 Å². The Morgan fingerprint density at radius 2 is 1.66 bits per heavy atom. The summed E-state index contributed by atoms with van der Waals surface area (Å²) >= 11 is 0. The van der Waals surface area contributed by atoms with Crippen LogP contribution in [0.3, 0.4) is 0 Å². The van der Waals surface area contributed by atoms with Gasteiger partial charge in [0.1, 0.15) is 6.11 Å². The summed E-state index contributed by atoms with van der Waals surface area (Å²) in [4.78, 5) is 12.0. The largest absolute Gasteiger partial charge is 0.368 e. The SMILES string of the molecule is Cc1ccc(C2=CC(C)(C)c3ccc(C#COC(=O)c4ccccc4)cc32)cc1. The maximum atomic E-state index is 12.0. The Kier molecular flexibility index (Phi) is 4.82. The molecule has 3 aromatic carbocycles. The third-order valence-corrected chi connectivity index (χ3v) is 5.22. The number of aryl methyl sites for hydroxylation is 1. The van der Waals surface area contributed by atoms with E-state index in [9.17, 15) is 4.79 Å². The molecule has 1 aliphatic rings. The first-order valence-electron chi connectivity index (χ1n) is 9.66. The Balaban J connectivity index is 1.62. The van der Waals surface area contributed by atoms with Gasteiger partial charge in [-0.2, -0.15) is 0 Å². The minimum Gasteiger partial charge on any atom is -0.368 e. The zero-order chi connectivity index (χ0) is 20.4. The first-order chi connectivity index (χ1) is 13.9. The van der Waals surface area contributed by atoms with Crippen molar-refractivity contribution in [3.05, 3.63) is 112 Å². The highest BCUT2D eigenvalue weighted by Gasteiger charge is 2.30. The lowest BCUT2D eigenvalue weighted by Crippen LogP contribution is -2.10. The van der Waals surface area contributed by atoms with Gasteiger partial charge >= 0.3 is 5.97 Å². The second-order valence-electron chi connectivity index (χ2n) is 7.89. The summed E-state index contributed by atoms with van der Waals surface area (Å²) in [7, 11) is 0. The second-order valence-corrected chi connectivity index (χ2v) is 7.89. The van der Waals surface area contributed by atoms with E-state index in [1.165, 1.54) is 27.8 Å². The zero-order valence-electron chi connectivity index (χ0n) is 16.8. The maximum Gasteiger partial charge on any atom is 0.352 e. The predicted molar refractivity (Wildman–Crippen MR) is 116 cm³/mol. The van der Waals surface area contributed by atoms with Crippen LogP contribution in [-0.4, -0.2) is 5.97 Å². The molecule has 0 bridgehead atoms. The topological polar surface area (TPSA) is 26.3 Å². The van der Waals surface area contributed by atoms with E-state index in [-0.39, 0.29) is 5.41 Å². The molecule has 2 heteroatoms. The van der Waals surface area contributed by atoms with Crippen molar-refractivity contribution in [2.75, 3.05) is 0 Å². The van der Waals surface area contributed by atoms with E-state index in [2.05, 4.69) is 75.3 Å². The van der Waals surface area contributed by atoms with Crippen LogP contribution in [-0.2, 0) is 10.2 Å². The molecule has 142 valence electrons. The number of ether oxygens (including phenoxy) is 1. The van der Waals surface area contributed by atoms with Crippen molar-refractivity contribution in [1.82, 2.24) is 0 Å². The first kappa shape index (κ1) is 18.8. The van der Waals surface area contributed by atoms with Gasteiger partial charge in [-0.05, 0) is 59.4 Å². The lowest BCUT2D eigenvalue weighted by molar-refractivity contribution is 0.0690. The van der Waals surface area contributed by atoms with Gasteiger partial charge in [0.15, 0.2) is 0 Å². The molecule has 0 radical (unpaired) electrons. The molecule has 0 spiro atoms. The number of carbonyl (C=O) groups excluding carboxylic acids is 1. The van der Waals surface area contributed by atoms with Crippen LogP contribution in [0.4, 0.5) is 0 Å². The lowest BCUT2D eigenvalue weighted by atomic mass is 9.86. The summed E-state index contributed by atoms with van der Waals surface area (Å²) in [5.74, 6) is 2.52. The monoisotopic (exact) mass is 378 g/mol. The third-order valence-electron chi connectivity index (χ3n) is 5.22. The maximum absolute atomic E-state index is 12.0. The van der Waals surface area contributed by atoms with Crippen LogP contribution >= 0.6 is 0 Å². The summed E-state index contributed by atoms with van der Waals surface area (Å²) in [5, 5.41) is 0. The molecule has 0 atom stereocenters. The highest BCUT2D eigenvalue weighted by molar-refractivity contribution is 5.90. The van der Waals surface area contributed by atoms with Crippen molar-refractivity contribution in [2.24, 2.45) is 0 Å². The van der Waals surface area contributed by atoms with E-state index < -0.39 is 5.97 Å². The number of hydrogen-bond donors (Lipinski definition) is 0. The van der Waals surface area contributed by atoms with Crippen LogP contribution in [0, 0.1) is 19.0 Å². The summed E-state index contributed by atoms with van der Waals surface area (Å²) in [6.45, 7) is 6.54. The van der Waals surface area contributed by atoms with Crippen molar-refractivity contribution in [3.8, 4) is 12.0 Å². The summed E-state index contributed by atoms with van der Waals surface area (Å²) in [6, 6.07) is 23.6. The Morgan fingerprint density at radius 3 is 2.38 bits per heavy atom. The van der Waals surface area contributed by atoms with Crippen LogP contribution in [0.5, 0.6) is 0 Å². The average molecular weight is 378 g/mol. The molecule has 2 nitrogen and oxygen atoms in total. The van der Waals surface area contributed by atoms with Gasteiger partial charge < -0.3 is 4.74 Å². The van der Waals surface area contributed by atoms with Crippen LogP contribution in [0.1, 0.15) is 52.0 Å². The first-order valence-corrected chi connectivity index (χ1v) is 9.66. The van der Waals surface area contributed by atoms with Crippen molar-refractivity contribution in [2.45, 2.75) is 26.2 Å². The number of hydrogen-bond acceptors (Lipinski definition) is 2. The van der Waals surface area contributed by atoms with Gasteiger partial charge in [-0.25, -0.2) is 4.79 Å². The molecule has 3 aromatic rings. The number of benzene rings is 3. The van der Waals surface area contributed by atoms with Gasteiger partial charge in [-0.3, -0.25) is 0 Å². The van der Waals surface area contributed by atoms with Crippen molar-refractivity contribution in [3.63, 3.8) is 0 Å². The standard InChI is InChI=1S/C27H22O2/c1-19-9-12-21(13-10-19)24-18-27(2,3)25-14-11-20(17-23(24)25)15-16-29-26(28)22-7-5-4-6-8-22/h4-14,17-18H,1-3H3. The van der Waals surface area contributed by atoms with Gasteiger partial charge in [-0.15, -0.1) is 0 Å². The fourth-order valence-electron chi connectivity index (χ4n) is 3.66. The van der Waals surface area contributed by atoms with Gasteiger partial charge in [0.25, 0.3) is 0 Å². The van der Waals surface area contributed by atoms with Gasteiger partial charge in [0, 0.05) is 11.0 Å². The van der Waals surface area contributed by atoms with Crippen LogP contribution < -0.4 is 0 Å². The fraction of sp³-hybridized carbons (Fsp3) is 0.148. The highest BCUT2D eigenvalue weighted by atomic mass is 16.5. The minimum atomic E-state index is -0.444. The Hall–Kier alpha value is -3.57. The van der Waals surface area contributed by atoms with Gasteiger partial charge in [-0.1, -0.05) is 74.0 Å². The van der Waals surface area contributed by atoms with Crippen molar-refractivity contribution >= 4 is 11.5 Å². The molecule has 4 rings (SSSR count). The fourth-order valence-corrected chi connectivity index (χ4v) is 3.66. The Labute approximate surface area is 171 Å². The van der Waals surface area contributed by atoms with Crippen molar-refractivity contribution < 1.29 is 9.53 Å². The van der Waals surface area contributed by atoms with E-state index >= 15 is 0 Å². The third kappa shape index (κ3) is 3.86. The molecule has 0 aliphatic heterocycles. The van der Waals surface area contributed by atoms with E-state index in [4.69, 9.17) is 4.74 Å². The molecular formula is C27H22O2. The molecule has 0 fully saturated rings. The number of rotatable bonds is 2. The number of esters is 1. The molecule has 1 aliphatic carbocycles. The van der Waals surface area contributed by atoms with E-state index in [0.29, 0.717) is 5.56 Å². The lowest BCUT2D eigenvalue weighted by Gasteiger charge is -2.17. The molecule has 0 aromatic heterocycles. The number of carbonyl (C=O) groups is 1. The number of allylic oxidation sites excluding steroid dienone is 1. The smallest absolute Gasteiger partial charge is 0.352 e. The molecule has 0 saturated carbocycles. The summed E-state index contributed by atoms with van der Waals surface area (Å²) in [6.07, 6.45) is 4.87. The minimum absolute atomic E-state index is 0.0404. The van der Waals surface area contributed by atoms with E-state index in [1.807, 2.05) is 12.1 Å². The van der Waals surface area contributed by atoms with Crippen LogP contribution in [0.2, 0.25) is 0 Å². The molecular weight excluding hydrogens is 356 g/mol. The Morgan fingerprint density at radius 1 is 0.931 bits per heavy atom. The zero-order valence-corrected chi connectivity index (χ0v) is 16.8. The quantitative estimate of drug-likeness (QED) is 0.411. The Bertz CT molecular complexity index is 1150.